The SMILES string of the molecule is C=C(/C=C\C(=C/N)c1cccc(C(C)C)c1)S(=O)(=O)NC1CCCc2c1cc(F)c(F)c2OCC(=O)O. The van der Waals surface area contributed by atoms with E-state index in [0.717, 1.165) is 17.2 Å². The van der Waals surface area contributed by atoms with E-state index in [1.807, 2.05) is 24.3 Å². The number of hydrogen-bond acceptors (Lipinski definition) is 5. The summed E-state index contributed by atoms with van der Waals surface area (Å²) >= 11 is 0. The number of halogens is 2. The minimum atomic E-state index is -4.12. The Kier molecular flexibility index (Phi) is 8.88. The third-order valence-electron chi connectivity index (χ3n) is 6.11. The maximum absolute atomic E-state index is 14.4. The van der Waals surface area contributed by atoms with Crippen LogP contribution in [0.2, 0.25) is 0 Å². The minimum Gasteiger partial charge on any atom is -0.479 e. The molecule has 0 aliphatic heterocycles. The topological polar surface area (TPSA) is 119 Å². The minimum absolute atomic E-state index is 0.193. The van der Waals surface area contributed by atoms with Crippen LogP contribution in [0.1, 0.15) is 60.9 Å². The van der Waals surface area contributed by atoms with Crippen LogP contribution in [0, 0.1) is 11.6 Å². The van der Waals surface area contributed by atoms with Crippen LogP contribution in [-0.2, 0) is 21.2 Å². The number of carboxylic acids is 1. The highest BCUT2D eigenvalue weighted by Gasteiger charge is 2.31. The van der Waals surface area contributed by atoms with Crippen LogP contribution in [0.4, 0.5) is 8.78 Å². The molecule has 0 bridgehead atoms. The van der Waals surface area contributed by atoms with Crippen molar-refractivity contribution in [1.29, 1.82) is 0 Å². The van der Waals surface area contributed by atoms with Gasteiger partial charge in [0.05, 0.1) is 4.91 Å². The van der Waals surface area contributed by atoms with Gasteiger partial charge in [0, 0.05) is 17.8 Å². The lowest BCUT2D eigenvalue weighted by Crippen LogP contribution is -2.32. The number of rotatable bonds is 10. The molecule has 198 valence electrons. The fraction of sp³-hybridized carbons (Fsp3) is 0.296. The van der Waals surface area contributed by atoms with E-state index in [1.54, 1.807) is 6.08 Å². The highest BCUT2D eigenvalue weighted by atomic mass is 32.2. The number of sulfonamides is 1. The standard InChI is InChI=1S/C27H30F2N2O5S/c1-16(2)18-6-4-7-19(12-18)20(14-30)11-10-17(3)37(34,35)31-24-9-5-8-21-22(24)13-23(28)26(29)27(21)36-15-25(32)33/h4,6-7,10-14,16,24,31H,3,5,8-9,15,30H2,1-2H3,(H,32,33)/b11-10-,20-14+. The first-order chi connectivity index (χ1) is 17.4. The average molecular weight is 533 g/mol. The lowest BCUT2D eigenvalue weighted by Gasteiger charge is -2.28. The maximum Gasteiger partial charge on any atom is 0.341 e. The molecule has 1 aliphatic carbocycles. The second-order valence-electron chi connectivity index (χ2n) is 9.02. The number of ether oxygens (including phenoxy) is 1. The first-order valence-electron chi connectivity index (χ1n) is 11.7. The highest BCUT2D eigenvalue weighted by Crippen LogP contribution is 2.39. The van der Waals surface area contributed by atoms with Crippen LogP contribution < -0.4 is 15.2 Å². The van der Waals surface area contributed by atoms with Gasteiger partial charge in [-0.2, -0.15) is 4.39 Å². The second kappa shape index (κ2) is 11.7. The third-order valence-corrected chi connectivity index (χ3v) is 7.53. The van der Waals surface area contributed by atoms with Gasteiger partial charge in [-0.3, -0.25) is 0 Å². The molecule has 4 N–H and O–H groups in total. The van der Waals surface area contributed by atoms with Gasteiger partial charge in [0.25, 0.3) is 0 Å². The summed E-state index contributed by atoms with van der Waals surface area (Å²) in [6.07, 6.45) is 5.28. The molecular formula is C27H30F2N2O5S. The van der Waals surface area contributed by atoms with Crippen molar-refractivity contribution in [2.45, 2.75) is 45.1 Å². The largest absolute Gasteiger partial charge is 0.479 e. The molecule has 0 amide bonds. The van der Waals surface area contributed by atoms with Gasteiger partial charge in [0.15, 0.2) is 18.2 Å². The Hall–Kier alpha value is -3.50. The van der Waals surface area contributed by atoms with Crippen LogP contribution in [0.5, 0.6) is 5.75 Å². The third kappa shape index (κ3) is 6.64. The number of hydrogen-bond donors (Lipinski definition) is 3. The Morgan fingerprint density at radius 3 is 2.68 bits per heavy atom. The van der Waals surface area contributed by atoms with Crippen molar-refractivity contribution in [1.82, 2.24) is 4.72 Å². The van der Waals surface area contributed by atoms with Crippen LogP contribution in [0.15, 0.2) is 60.2 Å². The molecule has 0 saturated carbocycles. The second-order valence-corrected chi connectivity index (χ2v) is 10.8. The summed E-state index contributed by atoms with van der Waals surface area (Å²) in [5.41, 5.74) is 8.73. The van der Waals surface area contributed by atoms with E-state index in [0.29, 0.717) is 24.3 Å². The van der Waals surface area contributed by atoms with E-state index >= 15 is 0 Å². The van der Waals surface area contributed by atoms with Gasteiger partial charge in [-0.1, -0.05) is 50.8 Å². The molecule has 7 nitrogen and oxygen atoms in total. The zero-order chi connectivity index (χ0) is 27.3. The summed E-state index contributed by atoms with van der Waals surface area (Å²) in [5, 5.41) is 8.86. The normalized spacial score (nSPS) is 16.1. The fourth-order valence-electron chi connectivity index (χ4n) is 4.13. The molecule has 2 aromatic rings. The molecule has 1 aliphatic rings. The van der Waals surface area contributed by atoms with E-state index in [-0.39, 0.29) is 22.5 Å². The molecule has 3 rings (SSSR count). The zero-order valence-electron chi connectivity index (χ0n) is 20.6. The zero-order valence-corrected chi connectivity index (χ0v) is 21.4. The maximum atomic E-state index is 14.4. The van der Waals surface area contributed by atoms with Gasteiger partial charge >= 0.3 is 5.97 Å². The highest BCUT2D eigenvalue weighted by molar-refractivity contribution is 7.93. The molecule has 0 fully saturated rings. The Balaban J connectivity index is 1.84. The van der Waals surface area contributed by atoms with E-state index in [9.17, 15) is 22.0 Å². The number of allylic oxidation sites excluding steroid dienone is 3. The predicted molar refractivity (Wildman–Crippen MR) is 138 cm³/mol. The first kappa shape index (κ1) is 28.1. The van der Waals surface area contributed by atoms with Crippen molar-refractivity contribution in [3.05, 3.63) is 94.1 Å². The molecule has 2 aromatic carbocycles. The Morgan fingerprint density at radius 2 is 2.03 bits per heavy atom. The number of carbonyl (C=O) groups is 1. The number of carboxylic acid groups (broad SMARTS) is 1. The summed E-state index contributed by atoms with van der Waals surface area (Å²) in [6, 6.07) is 7.76. The molecule has 10 heteroatoms. The molecule has 0 spiro atoms. The smallest absolute Gasteiger partial charge is 0.341 e. The molecule has 1 unspecified atom stereocenters. The molecular weight excluding hydrogens is 502 g/mol. The van der Waals surface area contributed by atoms with E-state index in [1.165, 1.54) is 12.3 Å². The van der Waals surface area contributed by atoms with Crippen LogP contribution >= 0.6 is 0 Å². The number of aliphatic carboxylic acids is 1. The van der Waals surface area contributed by atoms with Crippen LogP contribution in [-0.4, -0.2) is 26.1 Å². The van der Waals surface area contributed by atoms with Crippen molar-refractivity contribution in [3.63, 3.8) is 0 Å². The van der Waals surface area contributed by atoms with Crippen molar-refractivity contribution < 1.29 is 31.8 Å². The first-order valence-corrected chi connectivity index (χ1v) is 13.2. The molecule has 37 heavy (non-hydrogen) atoms. The molecule has 1 atom stereocenters. The monoisotopic (exact) mass is 532 g/mol. The predicted octanol–water partition coefficient (Wildman–Crippen LogP) is 4.92. The van der Waals surface area contributed by atoms with Crippen molar-refractivity contribution in [2.75, 3.05) is 6.61 Å². The Morgan fingerprint density at radius 1 is 1.30 bits per heavy atom. The van der Waals surface area contributed by atoms with Gasteiger partial charge in [-0.05, 0) is 59.6 Å². The van der Waals surface area contributed by atoms with Crippen molar-refractivity contribution in [3.8, 4) is 5.75 Å². The molecule has 0 heterocycles. The van der Waals surface area contributed by atoms with E-state index < -0.39 is 46.0 Å². The summed E-state index contributed by atoms with van der Waals surface area (Å²) in [6.45, 7) is 6.93. The Labute approximate surface area is 215 Å². The lowest BCUT2D eigenvalue weighted by atomic mass is 9.87. The van der Waals surface area contributed by atoms with Gasteiger partial charge < -0.3 is 15.6 Å². The molecule has 0 aromatic heterocycles. The number of fused-ring (bicyclic) bond motifs is 1. The number of benzene rings is 2. The van der Waals surface area contributed by atoms with Crippen LogP contribution in [0.3, 0.4) is 0 Å². The summed E-state index contributed by atoms with van der Waals surface area (Å²) < 4.78 is 62.3. The summed E-state index contributed by atoms with van der Waals surface area (Å²) in [5.74, 6) is -4.13. The van der Waals surface area contributed by atoms with E-state index in [4.69, 9.17) is 15.6 Å². The van der Waals surface area contributed by atoms with Crippen molar-refractivity contribution in [2.24, 2.45) is 5.73 Å². The lowest BCUT2D eigenvalue weighted by molar-refractivity contribution is -0.139. The van der Waals surface area contributed by atoms with Gasteiger partial charge in [-0.25, -0.2) is 22.3 Å². The fourth-order valence-corrected chi connectivity index (χ4v) is 5.15. The van der Waals surface area contributed by atoms with Gasteiger partial charge in [0.2, 0.25) is 15.8 Å². The van der Waals surface area contributed by atoms with Crippen LogP contribution in [0.25, 0.3) is 5.57 Å². The van der Waals surface area contributed by atoms with Crippen molar-refractivity contribution >= 4 is 21.6 Å². The quantitative estimate of drug-likeness (QED) is 0.374. The van der Waals surface area contributed by atoms with Gasteiger partial charge in [-0.15, -0.1) is 0 Å². The van der Waals surface area contributed by atoms with E-state index in [2.05, 4.69) is 25.1 Å². The number of nitrogens with one attached hydrogen (secondary N) is 1. The Bertz CT molecular complexity index is 1370. The summed E-state index contributed by atoms with van der Waals surface area (Å²) in [7, 11) is -4.12. The molecule has 0 radical (unpaired) electrons. The molecule has 0 saturated heterocycles. The van der Waals surface area contributed by atoms with Gasteiger partial charge in [0.1, 0.15) is 0 Å². The average Bonchev–Trinajstić information content (AvgIpc) is 2.85. The number of nitrogens with two attached hydrogens (primary N) is 1. The summed E-state index contributed by atoms with van der Waals surface area (Å²) in [4.78, 5) is 10.6.